The highest BCUT2D eigenvalue weighted by molar-refractivity contribution is 5.79. The Kier molecular flexibility index (Phi) is 2.66. The summed E-state index contributed by atoms with van der Waals surface area (Å²) in [7, 11) is 0. The van der Waals surface area contributed by atoms with E-state index < -0.39 is 11.7 Å². The number of pyridine rings is 1. The summed E-state index contributed by atoms with van der Waals surface area (Å²) in [6, 6.07) is 4.54. The third-order valence-electron chi connectivity index (χ3n) is 2.47. The molecular formula is C11H9F3N2O. The first-order valence-corrected chi connectivity index (χ1v) is 4.85. The first kappa shape index (κ1) is 11.7. The summed E-state index contributed by atoms with van der Waals surface area (Å²) in [5.74, 6) is 0. The predicted octanol–water partition coefficient (Wildman–Crippen LogP) is 2.01. The van der Waals surface area contributed by atoms with Gasteiger partial charge in [0.25, 0.3) is 5.56 Å². The molecule has 3 N–H and O–H groups in total. The van der Waals surface area contributed by atoms with Crippen molar-refractivity contribution in [3.8, 4) is 0 Å². The summed E-state index contributed by atoms with van der Waals surface area (Å²) < 4.78 is 37.4. The van der Waals surface area contributed by atoms with Crippen molar-refractivity contribution < 1.29 is 13.2 Å². The minimum atomic E-state index is -4.40. The van der Waals surface area contributed by atoms with Crippen LogP contribution in [0.4, 0.5) is 13.2 Å². The molecule has 3 nitrogen and oxygen atoms in total. The van der Waals surface area contributed by atoms with Crippen LogP contribution in [0, 0.1) is 0 Å². The highest BCUT2D eigenvalue weighted by atomic mass is 19.4. The van der Waals surface area contributed by atoms with Gasteiger partial charge in [-0.05, 0) is 29.7 Å². The number of nitrogens with two attached hydrogens (primary N) is 1. The van der Waals surface area contributed by atoms with E-state index in [1.165, 1.54) is 12.1 Å². The average molecular weight is 242 g/mol. The molecule has 0 atom stereocenters. The monoisotopic (exact) mass is 242 g/mol. The lowest BCUT2D eigenvalue weighted by Gasteiger charge is -2.08. The zero-order valence-corrected chi connectivity index (χ0v) is 8.64. The van der Waals surface area contributed by atoms with Crippen LogP contribution in [0.1, 0.15) is 11.1 Å². The molecule has 0 aliphatic rings. The van der Waals surface area contributed by atoms with E-state index in [0.29, 0.717) is 10.9 Å². The number of hydrogen-bond donors (Lipinski definition) is 2. The zero-order chi connectivity index (χ0) is 12.6. The molecule has 0 spiro atoms. The quantitative estimate of drug-likeness (QED) is 0.803. The van der Waals surface area contributed by atoms with E-state index in [-0.39, 0.29) is 17.7 Å². The van der Waals surface area contributed by atoms with Gasteiger partial charge in [-0.3, -0.25) is 4.79 Å². The molecule has 2 aromatic rings. The van der Waals surface area contributed by atoms with Crippen LogP contribution in [0.3, 0.4) is 0 Å². The van der Waals surface area contributed by atoms with Crippen LogP contribution in [-0.4, -0.2) is 4.98 Å². The van der Waals surface area contributed by atoms with Gasteiger partial charge >= 0.3 is 6.18 Å². The molecule has 1 aromatic carbocycles. The fraction of sp³-hybridized carbons (Fsp3) is 0.182. The molecule has 0 amide bonds. The first-order chi connectivity index (χ1) is 7.91. The van der Waals surface area contributed by atoms with E-state index in [1.54, 1.807) is 0 Å². The third-order valence-corrected chi connectivity index (χ3v) is 2.47. The van der Waals surface area contributed by atoms with Crippen LogP contribution in [-0.2, 0) is 12.7 Å². The second-order valence-corrected chi connectivity index (χ2v) is 3.63. The molecule has 1 aromatic heterocycles. The largest absolute Gasteiger partial charge is 0.416 e. The Morgan fingerprint density at radius 1 is 1.24 bits per heavy atom. The highest BCUT2D eigenvalue weighted by Crippen LogP contribution is 2.30. The van der Waals surface area contributed by atoms with Gasteiger partial charge in [0.15, 0.2) is 0 Å². The van der Waals surface area contributed by atoms with E-state index >= 15 is 0 Å². The summed E-state index contributed by atoms with van der Waals surface area (Å²) in [6.45, 7) is -0.0124. The molecule has 0 unspecified atom stereocenters. The van der Waals surface area contributed by atoms with Crippen LogP contribution in [0.5, 0.6) is 0 Å². The van der Waals surface area contributed by atoms with Gasteiger partial charge in [0.1, 0.15) is 0 Å². The Hall–Kier alpha value is -1.82. The van der Waals surface area contributed by atoms with Crippen LogP contribution < -0.4 is 11.3 Å². The molecule has 1 heterocycles. The van der Waals surface area contributed by atoms with Crippen molar-refractivity contribution in [3.05, 3.63) is 45.7 Å². The van der Waals surface area contributed by atoms with Crippen molar-refractivity contribution in [2.45, 2.75) is 12.7 Å². The molecule has 0 radical (unpaired) electrons. The molecule has 0 bridgehead atoms. The zero-order valence-electron chi connectivity index (χ0n) is 8.64. The van der Waals surface area contributed by atoms with Gasteiger partial charge < -0.3 is 10.7 Å². The van der Waals surface area contributed by atoms with Crippen molar-refractivity contribution in [3.63, 3.8) is 0 Å². The van der Waals surface area contributed by atoms with Gasteiger partial charge in [0.05, 0.1) is 5.56 Å². The second kappa shape index (κ2) is 3.89. The Balaban J connectivity index is 2.69. The number of hydrogen-bond acceptors (Lipinski definition) is 2. The number of fused-ring (bicyclic) bond motifs is 1. The first-order valence-electron chi connectivity index (χ1n) is 4.85. The number of aromatic nitrogens is 1. The fourth-order valence-electron chi connectivity index (χ4n) is 1.58. The van der Waals surface area contributed by atoms with Gasteiger partial charge in [-0.15, -0.1) is 0 Å². The number of nitrogens with one attached hydrogen (secondary N) is 1. The van der Waals surface area contributed by atoms with Crippen molar-refractivity contribution in [2.24, 2.45) is 5.73 Å². The molecule has 6 heteroatoms. The molecule has 0 aliphatic carbocycles. The maximum absolute atomic E-state index is 12.5. The summed E-state index contributed by atoms with van der Waals surface area (Å²) in [5, 5.41) is 0.319. The van der Waals surface area contributed by atoms with E-state index in [4.69, 9.17) is 5.73 Å². The highest BCUT2D eigenvalue weighted by Gasteiger charge is 2.30. The number of halogens is 3. The molecule has 17 heavy (non-hydrogen) atoms. The Bertz CT molecular complexity index is 616. The van der Waals surface area contributed by atoms with Crippen LogP contribution in [0.2, 0.25) is 0 Å². The van der Waals surface area contributed by atoms with Crippen molar-refractivity contribution in [1.82, 2.24) is 4.98 Å². The van der Waals surface area contributed by atoms with Gasteiger partial charge in [-0.25, -0.2) is 0 Å². The summed E-state index contributed by atoms with van der Waals surface area (Å²) >= 11 is 0. The van der Waals surface area contributed by atoms with Crippen molar-refractivity contribution >= 4 is 10.9 Å². The van der Waals surface area contributed by atoms with Gasteiger partial charge in [0.2, 0.25) is 0 Å². The second-order valence-electron chi connectivity index (χ2n) is 3.63. The standard InChI is InChI=1S/C11H9F3N2O/c12-11(13,14)8-1-2-9-6(4-8)3-7(5-15)10(17)16-9/h1-4H,5,15H2,(H,16,17). The summed E-state index contributed by atoms with van der Waals surface area (Å²) in [6.07, 6.45) is -4.40. The lowest BCUT2D eigenvalue weighted by molar-refractivity contribution is -0.137. The lowest BCUT2D eigenvalue weighted by Crippen LogP contribution is -2.15. The molecular weight excluding hydrogens is 233 g/mol. The molecule has 0 fully saturated rings. The van der Waals surface area contributed by atoms with Crippen molar-refractivity contribution in [2.75, 3.05) is 0 Å². The average Bonchev–Trinajstić information content (AvgIpc) is 2.26. The smallest absolute Gasteiger partial charge is 0.326 e. The molecule has 0 saturated carbocycles. The number of aromatic amines is 1. The van der Waals surface area contributed by atoms with E-state index in [0.717, 1.165) is 12.1 Å². The maximum atomic E-state index is 12.5. The minimum absolute atomic E-state index is 0.0124. The Labute approximate surface area is 94.1 Å². The van der Waals surface area contributed by atoms with E-state index in [2.05, 4.69) is 4.98 Å². The van der Waals surface area contributed by atoms with Crippen LogP contribution >= 0.6 is 0 Å². The number of alkyl halides is 3. The predicted molar refractivity (Wildman–Crippen MR) is 57.5 cm³/mol. The topological polar surface area (TPSA) is 58.9 Å². The van der Waals surface area contributed by atoms with Crippen LogP contribution in [0.25, 0.3) is 10.9 Å². The van der Waals surface area contributed by atoms with Gasteiger partial charge in [-0.1, -0.05) is 0 Å². The summed E-state index contributed by atoms with van der Waals surface area (Å²) in [4.78, 5) is 13.9. The number of rotatable bonds is 1. The SMILES string of the molecule is NCc1cc2cc(C(F)(F)F)ccc2[nH]c1=O. The van der Waals surface area contributed by atoms with Crippen molar-refractivity contribution in [1.29, 1.82) is 0 Å². The van der Waals surface area contributed by atoms with E-state index in [1.807, 2.05) is 0 Å². The van der Waals surface area contributed by atoms with Gasteiger partial charge in [0, 0.05) is 17.6 Å². The molecule has 2 rings (SSSR count). The molecule has 0 aliphatic heterocycles. The summed E-state index contributed by atoms with van der Waals surface area (Å²) in [5.41, 5.74) is 4.82. The maximum Gasteiger partial charge on any atom is 0.416 e. The lowest BCUT2D eigenvalue weighted by atomic mass is 10.1. The molecule has 0 saturated heterocycles. The fourth-order valence-corrected chi connectivity index (χ4v) is 1.58. The van der Waals surface area contributed by atoms with Gasteiger partial charge in [-0.2, -0.15) is 13.2 Å². The normalized spacial score (nSPS) is 12.0. The Morgan fingerprint density at radius 2 is 1.94 bits per heavy atom. The van der Waals surface area contributed by atoms with E-state index in [9.17, 15) is 18.0 Å². The number of benzene rings is 1. The minimum Gasteiger partial charge on any atom is -0.326 e. The molecule has 90 valence electrons. The Morgan fingerprint density at radius 3 is 2.53 bits per heavy atom. The third kappa shape index (κ3) is 2.16. The number of H-pyrrole nitrogens is 1. The van der Waals surface area contributed by atoms with Crippen LogP contribution in [0.15, 0.2) is 29.1 Å².